The zero-order valence-electron chi connectivity index (χ0n) is 58.6. The molecular formula is C100H56N6O4. The second-order valence-electron chi connectivity index (χ2n) is 28.3. The summed E-state index contributed by atoms with van der Waals surface area (Å²) in [4.78, 5) is 22.1. The minimum absolute atomic E-state index is 0.315. The van der Waals surface area contributed by atoms with E-state index in [-0.39, 0.29) is 0 Å². The molecule has 110 heavy (non-hydrogen) atoms. The number of para-hydroxylation sites is 2. The number of aromatic nitrogens is 5. The van der Waals surface area contributed by atoms with Gasteiger partial charge in [-0.3, -0.25) is 0 Å². The molecule has 10 heteroatoms. The summed E-state index contributed by atoms with van der Waals surface area (Å²) in [5.41, 5.74) is 23.2. The lowest BCUT2D eigenvalue weighted by atomic mass is 9.95. The van der Waals surface area contributed by atoms with Crippen molar-refractivity contribution in [1.29, 1.82) is 0 Å². The van der Waals surface area contributed by atoms with Crippen LogP contribution in [0.15, 0.2) is 357 Å². The van der Waals surface area contributed by atoms with E-state index < -0.39 is 0 Å². The monoisotopic (exact) mass is 1400 g/mol. The van der Waals surface area contributed by atoms with Gasteiger partial charge in [-0.15, -0.1) is 0 Å². The fraction of sp³-hybridized carbons (Fsp3) is 0. The van der Waals surface area contributed by atoms with Gasteiger partial charge in [-0.1, -0.05) is 237 Å². The van der Waals surface area contributed by atoms with Gasteiger partial charge >= 0.3 is 0 Å². The van der Waals surface area contributed by atoms with Crippen LogP contribution in [0.3, 0.4) is 0 Å². The van der Waals surface area contributed by atoms with Gasteiger partial charge in [0.05, 0.1) is 50.8 Å². The van der Waals surface area contributed by atoms with Crippen molar-refractivity contribution >= 4 is 137 Å². The summed E-state index contributed by atoms with van der Waals surface area (Å²) in [6.07, 6.45) is 0. The predicted molar refractivity (Wildman–Crippen MR) is 447 cm³/mol. The molecule has 0 bridgehead atoms. The number of hydrogen-bond acceptors (Lipinski definition) is 7. The summed E-state index contributed by atoms with van der Waals surface area (Å²) in [5, 5.41) is 11.2. The first-order valence-electron chi connectivity index (χ1n) is 36.8. The SMILES string of the molecule is [C-]#[N+]c1cc(-c2nc(-c3cccc4oc5ccccc5c34)nc(-c3cccc4oc5ccccc5c34)n2)c(-n2c3ccc(-c4ccccc4)cc3c3c4oc5ccc(-c6ccccc6)cc5c4ccc32)c(-n2c3ccc(-c4ccccc4)cc3c3c4oc5ccc(-c6ccccc6)cc5c4ccc32)c1-c1ccccc1. The van der Waals surface area contributed by atoms with Gasteiger partial charge in [-0.05, 0) is 153 Å². The maximum Gasteiger partial charge on any atom is 0.197 e. The molecule has 7 aromatic heterocycles. The van der Waals surface area contributed by atoms with Crippen molar-refractivity contribution in [3.63, 3.8) is 0 Å². The number of benzene rings is 16. The van der Waals surface area contributed by atoms with Crippen molar-refractivity contribution in [2.45, 2.75) is 0 Å². The maximum absolute atomic E-state index is 9.80. The molecule has 23 aromatic rings. The molecule has 0 fully saturated rings. The Morgan fingerprint density at radius 3 is 1.03 bits per heavy atom. The minimum Gasteiger partial charge on any atom is -0.456 e. The predicted octanol–water partition coefficient (Wildman–Crippen LogP) is 27.6. The maximum atomic E-state index is 9.80. The molecular weight excluding hydrogens is 1350 g/mol. The third-order valence-electron chi connectivity index (χ3n) is 22.2. The molecule has 23 rings (SSSR count). The lowest BCUT2D eigenvalue weighted by molar-refractivity contribution is 0.668. The average molecular weight is 1410 g/mol. The Morgan fingerprint density at radius 1 is 0.236 bits per heavy atom. The number of furan rings is 4. The van der Waals surface area contributed by atoms with Crippen LogP contribution >= 0.6 is 0 Å². The smallest absolute Gasteiger partial charge is 0.197 e. The van der Waals surface area contributed by atoms with E-state index in [0.29, 0.717) is 56.8 Å². The van der Waals surface area contributed by atoms with Gasteiger partial charge in [0, 0.05) is 76.1 Å². The highest BCUT2D eigenvalue weighted by Crippen LogP contribution is 2.54. The fourth-order valence-corrected chi connectivity index (χ4v) is 17.3. The van der Waals surface area contributed by atoms with Crippen LogP contribution in [0.25, 0.3) is 237 Å². The summed E-state index contributed by atoms with van der Waals surface area (Å²) in [6, 6.07) is 118. The van der Waals surface area contributed by atoms with E-state index in [4.69, 9.17) is 37.5 Å². The molecule has 10 nitrogen and oxygen atoms in total. The third-order valence-corrected chi connectivity index (χ3v) is 22.2. The van der Waals surface area contributed by atoms with E-state index in [0.717, 1.165) is 181 Å². The van der Waals surface area contributed by atoms with Crippen LogP contribution in [-0.4, -0.2) is 24.1 Å². The van der Waals surface area contributed by atoms with Gasteiger partial charge < -0.3 is 26.8 Å². The Labute approximate surface area is 627 Å². The lowest BCUT2D eigenvalue weighted by Crippen LogP contribution is -2.10. The first kappa shape index (κ1) is 61.2. The molecule has 0 radical (unpaired) electrons. The summed E-state index contributed by atoms with van der Waals surface area (Å²) >= 11 is 0. The van der Waals surface area contributed by atoms with Gasteiger partial charge in [0.15, 0.2) is 23.2 Å². The van der Waals surface area contributed by atoms with Crippen LogP contribution in [-0.2, 0) is 0 Å². The van der Waals surface area contributed by atoms with Crippen molar-refractivity contribution in [2.75, 3.05) is 0 Å². The number of fused-ring (bicyclic) bond motifs is 20. The molecule has 0 unspecified atom stereocenters. The van der Waals surface area contributed by atoms with E-state index in [2.05, 4.69) is 276 Å². The molecule has 0 aliphatic rings. The zero-order valence-corrected chi connectivity index (χ0v) is 58.6. The Morgan fingerprint density at radius 2 is 0.591 bits per heavy atom. The molecule has 0 amide bonds. The quantitative estimate of drug-likeness (QED) is 0.126. The van der Waals surface area contributed by atoms with Crippen molar-refractivity contribution in [3.05, 3.63) is 351 Å². The van der Waals surface area contributed by atoms with Gasteiger partial charge in [0.25, 0.3) is 0 Å². The van der Waals surface area contributed by atoms with Crippen molar-refractivity contribution < 1.29 is 17.7 Å². The summed E-state index contributed by atoms with van der Waals surface area (Å²) < 4.78 is 32.9. The van der Waals surface area contributed by atoms with E-state index in [9.17, 15) is 6.57 Å². The van der Waals surface area contributed by atoms with Crippen LogP contribution in [0.1, 0.15) is 0 Å². The second-order valence-corrected chi connectivity index (χ2v) is 28.3. The highest BCUT2D eigenvalue weighted by Gasteiger charge is 2.33. The Bertz CT molecular complexity index is 7700. The highest BCUT2D eigenvalue weighted by atomic mass is 16.3. The summed E-state index contributed by atoms with van der Waals surface area (Å²) in [7, 11) is 0. The number of nitrogens with zero attached hydrogens (tertiary/aromatic N) is 6. The van der Waals surface area contributed by atoms with Gasteiger partial charge in [0.1, 0.15) is 44.7 Å². The van der Waals surface area contributed by atoms with Gasteiger partial charge in [0.2, 0.25) is 0 Å². The largest absolute Gasteiger partial charge is 0.456 e. The van der Waals surface area contributed by atoms with E-state index in [1.165, 1.54) is 0 Å². The van der Waals surface area contributed by atoms with Crippen molar-refractivity contribution in [3.8, 4) is 101 Å². The lowest BCUT2D eigenvalue weighted by Gasteiger charge is -2.25. The van der Waals surface area contributed by atoms with Crippen LogP contribution in [0.4, 0.5) is 5.69 Å². The molecule has 0 spiro atoms. The zero-order chi connectivity index (χ0) is 72.2. The number of hydrogen-bond donors (Lipinski definition) is 0. The van der Waals surface area contributed by atoms with Crippen molar-refractivity contribution in [1.82, 2.24) is 24.1 Å². The fourth-order valence-electron chi connectivity index (χ4n) is 17.3. The normalized spacial score (nSPS) is 12.0. The molecule has 0 atom stereocenters. The Balaban J connectivity index is 0.923. The first-order valence-corrected chi connectivity index (χ1v) is 36.8. The molecule has 0 aliphatic carbocycles. The van der Waals surface area contributed by atoms with E-state index in [1.54, 1.807) is 0 Å². The molecule has 0 aliphatic heterocycles. The van der Waals surface area contributed by atoms with Crippen LogP contribution < -0.4 is 0 Å². The summed E-state index contributed by atoms with van der Waals surface area (Å²) in [6.45, 7) is 9.80. The Hall–Kier alpha value is -15.2. The van der Waals surface area contributed by atoms with Crippen molar-refractivity contribution in [2.24, 2.45) is 0 Å². The highest BCUT2D eigenvalue weighted by molar-refractivity contribution is 6.28. The number of rotatable bonds is 10. The van der Waals surface area contributed by atoms with Crippen LogP contribution in [0.5, 0.6) is 0 Å². The van der Waals surface area contributed by atoms with Crippen LogP contribution in [0, 0.1) is 6.57 Å². The minimum atomic E-state index is 0.315. The van der Waals surface area contributed by atoms with E-state index in [1.807, 2.05) is 72.8 Å². The Kier molecular flexibility index (Phi) is 13.3. The molecule has 0 saturated carbocycles. The standard InChI is InChI=1S/C100H56N6O4/c1-101-78-57-77(100-103-98(71-35-21-39-87-90(71)69-33-17-19-37-83(69)107-87)102-99(104-100)72-36-22-40-88-91(72)70-34-18-20-38-84(70)108-88)94(105-79-47-41-63(58-23-7-2-8-24-58)55-75(79)92-81(105)49-45-67-73-53-65(60-27-11-4-12-28-60)43-51-85(73)109-96(67)92)95(89(78)62-31-15-6-16-32-62)106-80-48-42-64(59-25-9-3-10-26-59)56-76(80)93-82(106)50-46-68-74-54-66(61-29-13-5-14-30-61)44-52-86(74)110-97(68)93/h2-57H. The second kappa shape index (κ2) is 23.9. The van der Waals surface area contributed by atoms with Gasteiger partial charge in [-0.2, -0.15) is 0 Å². The molecule has 0 N–H and O–H groups in total. The topological polar surface area (TPSA) is 105 Å². The summed E-state index contributed by atoms with van der Waals surface area (Å²) in [5.74, 6) is 1.12. The third kappa shape index (κ3) is 9.25. The molecule has 510 valence electrons. The molecule has 16 aromatic carbocycles. The van der Waals surface area contributed by atoms with Gasteiger partial charge in [-0.25, -0.2) is 19.8 Å². The van der Waals surface area contributed by atoms with Crippen LogP contribution in [0.2, 0.25) is 0 Å². The molecule has 7 heterocycles. The first-order chi connectivity index (χ1) is 54.5. The molecule has 0 saturated heterocycles. The average Bonchev–Trinajstić information content (AvgIpc) is 1.51. The van der Waals surface area contributed by atoms with E-state index >= 15 is 0 Å².